The number of amides is 1. The Hall–Kier alpha value is -1.92. The Morgan fingerprint density at radius 2 is 1.75 bits per heavy atom. The first-order valence-electron chi connectivity index (χ1n) is 9.30. The summed E-state index contributed by atoms with van der Waals surface area (Å²) in [5.41, 5.74) is 6.12. The number of benzene rings is 2. The number of hydrogen-bond acceptors (Lipinski definition) is 5. The van der Waals surface area contributed by atoms with Crippen molar-refractivity contribution in [2.45, 2.75) is 30.8 Å². The number of carbonyl (C=O) groups is 1. The molecule has 3 rings (SSSR count). The Kier molecular flexibility index (Phi) is 7.08. The molecule has 1 fully saturated rings. The van der Waals surface area contributed by atoms with Crippen molar-refractivity contribution in [3.63, 3.8) is 0 Å². The first-order chi connectivity index (χ1) is 13.4. The monoisotopic (exact) mass is 414 g/mol. The van der Waals surface area contributed by atoms with E-state index in [9.17, 15) is 4.79 Å². The molecule has 1 amide bonds. The molecule has 0 bridgehead atoms. The lowest BCUT2D eigenvalue weighted by molar-refractivity contribution is -0.123. The third-order valence-electron chi connectivity index (χ3n) is 4.32. The van der Waals surface area contributed by atoms with Gasteiger partial charge < -0.3 is 4.74 Å². The van der Waals surface area contributed by atoms with Gasteiger partial charge in [0.1, 0.15) is 5.75 Å². The second-order valence-corrected chi connectivity index (χ2v) is 10.3. The quantitative estimate of drug-likeness (QED) is 0.534. The molecule has 1 saturated heterocycles. The molecule has 2 aromatic rings. The van der Waals surface area contributed by atoms with Gasteiger partial charge >= 0.3 is 0 Å². The first kappa shape index (κ1) is 20.8. The highest BCUT2D eigenvalue weighted by molar-refractivity contribution is 8.19. The molecule has 0 spiro atoms. The summed E-state index contributed by atoms with van der Waals surface area (Å²) in [5, 5.41) is 4.00. The largest absolute Gasteiger partial charge is 0.484 e. The lowest BCUT2D eigenvalue weighted by atomic mass is 9.87. The van der Waals surface area contributed by atoms with E-state index < -0.39 is 0 Å². The second-order valence-electron chi connectivity index (χ2n) is 7.60. The molecule has 0 saturated carbocycles. The van der Waals surface area contributed by atoms with E-state index in [-0.39, 0.29) is 17.9 Å². The molecule has 0 unspecified atom stereocenters. The smallest absolute Gasteiger partial charge is 0.277 e. The Morgan fingerprint density at radius 1 is 1.11 bits per heavy atom. The van der Waals surface area contributed by atoms with Gasteiger partial charge in [0.2, 0.25) is 0 Å². The highest BCUT2D eigenvalue weighted by Gasteiger charge is 2.18. The molecule has 1 aliphatic heterocycles. The first-order valence-corrected chi connectivity index (χ1v) is 11.4. The molecule has 1 N–H and O–H groups in total. The summed E-state index contributed by atoms with van der Waals surface area (Å²) >= 11 is 3.94. The van der Waals surface area contributed by atoms with Crippen molar-refractivity contribution in [1.82, 2.24) is 5.43 Å². The van der Waals surface area contributed by atoms with Gasteiger partial charge in [-0.25, -0.2) is 5.43 Å². The van der Waals surface area contributed by atoms with E-state index in [0.717, 1.165) is 5.56 Å². The number of hydrogen-bond donors (Lipinski definition) is 1. The molecule has 0 aromatic heterocycles. The van der Waals surface area contributed by atoms with Crippen LogP contribution in [0.5, 0.6) is 5.75 Å². The van der Waals surface area contributed by atoms with Crippen LogP contribution in [-0.2, 0) is 10.2 Å². The number of hydrazone groups is 1. The third kappa shape index (κ3) is 6.04. The van der Waals surface area contributed by atoms with Crippen LogP contribution in [0.4, 0.5) is 0 Å². The number of ether oxygens (including phenoxy) is 1. The molecule has 6 heteroatoms. The van der Waals surface area contributed by atoms with E-state index in [2.05, 4.69) is 55.6 Å². The van der Waals surface area contributed by atoms with Crippen molar-refractivity contribution in [1.29, 1.82) is 0 Å². The van der Waals surface area contributed by atoms with E-state index in [0.29, 0.717) is 10.3 Å². The fraction of sp³-hybridized carbons (Fsp3) is 0.364. The van der Waals surface area contributed by atoms with Gasteiger partial charge in [0, 0.05) is 11.5 Å². The normalized spacial score (nSPS) is 15.1. The predicted molar refractivity (Wildman–Crippen MR) is 120 cm³/mol. The third-order valence-corrected chi connectivity index (χ3v) is 7.43. The van der Waals surface area contributed by atoms with Crippen LogP contribution < -0.4 is 10.2 Å². The van der Waals surface area contributed by atoms with Crippen LogP contribution >= 0.6 is 23.5 Å². The maximum Gasteiger partial charge on any atom is 0.277 e. The standard InChI is InChI=1S/C22H26N2O2S2/c1-22(2,3)18-8-4-16(5-9-18)14-23-24-20(25)15-26-19-10-6-17(7-11-19)21-27-12-13-28-21/h4-11,14,21H,12-13,15H2,1-3H3,(H,24,25)/b23-14-. The predicted octanol–water partition coefficient (Wildman–Crippen LogP) is 4.99. The zero-order valence-electron chi connectivity index (χ0n) is 16.5. The maximum absolute atomic E-state index is 11.9. The minimum absolute atomic E-state index is 0.0629. The van der Waals surface area contributed by atoms with Gasteiger partial charge in [-0.15, -0.1) is 23.5 Å². The summed E-state index contributed by atoms with van der Waals surface area (Å²) in [5.74, 6) is 2.81. The molecule has 1 aliphatic rings. The number of rotatable bonds is 6. The highest BCUT2D eigenvalue weighted by atomic mass is 32.2. The lowest BCUT2D eigenvalue weighted by Crippen LogP contribution is -2.24. The van der Waals surface area contributed by atoms with E-state index >= 15 is 0 Å². The molecule has 148 valence electrons. The summed E-state index contributed by atoms with van der Waals surface area (Å²) in [6.45, 7) is 6.47. The van der Waals surface area contributed by atoms with Crippen molar-refractivity contribution in [3.8, 4) is 5.75 Å². The zero-order chi connectivity index (χ0) is 20.0. The number of nitrogens with zero attached hydrogens (tertiary/aromatic N) is 1. The van der Waals surface area contributed by atoms with Crippen molar-refractivity contribution < 1.29 is 9.53 Å². The van der Waals surface area contributed by atoms with E-state index in [1.165, 1.54) is 22.6 Å². The molecule has 4 nitrogen and oxygen atoms in total. The van der Waals surface area contributed by atoms with Crippen LogP contribution in [0.2, 0.25) is 0 Å². The molecule has 0 radical (unpaired) electrons. The fourth-order valence-electron chi connectivity index (χ4n) is 2.70. The Morgan fingerprint density at radius 3 is 2.36 bits per heavy atom. The molecule has 2 aromatic carbocycles. The SMILES string of the molecule is CC(C)(C)c1ccc(/C=N\NC(=O)COc2ccc(C3SCCS3)cc2)cc1. The van der Waals surface area contributed by atoms with Crippen LogP contribution in [0.1, 0.15) is 42.0 Å². The summed E-state index contributed by atoms with van der Waals surface area (Å²) in [4.78, 5) is 11.9. The number of carbonyl (C=O) groups excluding carboxylic acids is 1. The van der Waals surface area contributed by atoms with Crippen molar-refractivity contribution in [2.24, 2.45) is 5.10 Å². The van der Waals surface area contributed by atoms with Gasteiger partial charge in [-0.3, -0.25) is 4.79 Å². The van der Waals surface area contributed by atoms with Crippen LogP contribution in [0.3, 0.4) is 0 Å². The van der Waals surface area contributed by atoms with Crippen LogP contribution in [-0.4, -0.2) is 30.2 Å². The topological polar surface area (TPSA) is 50.7 Å². The van der Waals surface area contributed by atoms with Gasteiger partial charge in [0.05, 0.1) is 10.8 Å². The fourth-order valence-corrected chi connectivity index (χ4v) is 5.56. The number of thioether (sulfide) groups is 2. The Balaban J connectivity index is 1.43. The highest BCUT2D eigenvalue weighted by Crippen LogP contribution is 2.45. The van der Waals surface area contributed by atoms with Gasteiger partial charge in [0.15, 0.2) is 6.61 Å². The zero-order valence-corrected chi connectivity index (χ0v) is 18.1. The van der Waals surface area contributed by atoms with Crippen molar-refractivity contribution in [2.75, 3.05) is 18.1 Å². The van der Waals surface area contributed by atoms with Gasteiger partial charge in [-0.05, 0) is 34.2 Å². The van der Waals surface area contributed by atoms with Crippen LogP contribution in [0.25, 0.3) is 0 Å². The molecule has 0 aliphatic carbocycles. The maximum atomic E-state index is 11.9. The Bertz CT molecular complexity index is 806. The van der Waals surface area contributed by atoms with Crippen LogP contribution in [0.15, 0.2) is 53.6 Å². The molecule has 0 atom stereocenters. The van der Waals surface area contributed by atoms with E-state index in [1.54, 1.807) is 6.21 Å². The molecule has 28 heavy (non-hydrogen) atoms. The lowest BCUT2D eigenvalue weighted by Gasteiger charge is -2.18. The average Bonchev–Trinajstić information content (AvgIpc) is 3.21. The minimum Gasteiger partial charge on any atom is -0.484 e. The van der Waals surface area contributed by atoms with Gasteiger partial charge in [-0.2, -0.15) is 5.10 Å². The second kappa shape index (κ2) is 9.52. The van der Waals surface area contributed by atoms with E-state index in [4.69, 9.17) is 4.74 Å². The number of nitrogens with one attached hydrogen (secondary N) is 1. The summed E-state index contributed by atoms with van der Waals surface area (Å²) in [6.07, 6.45) is 1.63. The van der Waals surface area contributed by atoms with E-state index in [1.807, 2.05) is 47.8 Å². The van der Waals surface area contributed by atoms with Crippen molar-refractivity contribution in [3.05, 3.63) is 65.2 Å². The average molecular weight is 415 g/mol. The van der Waals surface area contributed by atoms with Crippen molar-refractivity contribution >= 4 is 35.6 Å². The minimum atomic E-state index is -0.284. The summed E-state index contributed by atoms with van der Waals surface area (Å²) in [7, 11) is 0. The Labute approximate surface area is 175 Å². The molecular weight excluding hydrogens is 388 g/mol. The molecule has 1 heterocycles. The summed E-state index contributed by atoms with van der Waals surface area (Å²) in [6, 6.07) is 16.1. The van der Waals surface area contributed by atoms with Gasteiger partial charge in [-0.1, -0.05) is 57.2 Å². The molecular formula is C22H26N2O2S2. The van der Waals surface area contributed by atoms with Crippen LogP contribution in [0, 0.1) is 0 Å². The van der Waals surface area contributed by atoms with Gasteiger partial charge in [0.25, 0.3) is 5.91 Å². The summed E-state index contributed by atoms with van der Waals surface area (Å²) < 4.78 is 6.06.